The maximum absolute atomic E-state index is 12.4. The van der Waals surface area contributed by atoms with Gasteiger partial charge in [0.05, 0.1) is 18.1 Å². The predicted octanol–water partition coefficient (Wildman–Crippen LogP) is 2.85. The molecule has 2 N–H and O–H groups in total. The maximum atomic E-state index is 12.4. The number of aliphatic hydroxyl groups excluding tert-OH is 1. The van der Waals surface area contributed by atoms with Gasteiger partial charge in [0.15, 0.2) is 6.10 Å². The average molecular weight is 393 g/mol. The van der Waals surface area contributed by atoms with Crippen LogP contribution < -0.4 is 5.32 Å². The second-order valence-corrected chi connectivity index (χ2v) is 7.30. The van der Waals surface area contributed by atoms with Crippen LogP contribution in [0.25, 0.3) is 0 Å². The molecule has 1 aromatic rings. The van der Waals surface area contributed by atoms with Crippen molar-refractivity contribution in [3.8, 4) is 0 Å². The number of rotatable bonds is 10. The Kier molecular flexibility index (Phi) is 9.65. The molecule has 1 rings (SSSR count). The van der Waals surface area contributed by atoms with E-state index in [0.717, 1.165) is 5.56 Å². The molecule has 2 atom stereocenters. The molecule has 0 unspecified atom stereocenters. The van der Waals surface area contributed by atoms with E-state index >= 15 is 0 Å². The lowest BCUT2D eigenvalue weighted by molar-refractivity contribution is -0.171. The second-order valence-electron chi connectivity index (χ2n) is 7.30. The molecule has 1 amide bonds. The van der Waals surface area contributed by atoms with Gasteiger partial charge < -0.3 is 19.9 Å². The van der Waals surface area contributed by atoms with Crippen molar-refractivity contribution in [1.29, 1.82) is 0 Å². The van der Waals surface area contributed by atoms with Gasteiger partial charge in [-0.1, -0.05) is 12.1 Å². The summed E-state index contributed by atoms with van der Waals surface area (Å²) >= 11 is 0. The number of ether oxygens (including phenoxy) is 2. The fourth-order valence-corrected chi connectivity index (χ4v) is 2.72. The number of carbonyl (C=O) groups excluding carboxylic acids is 3. The Morgan fingerprint density at radius 3 is 2.21 bits per heavy atom. The Morgan fingerprint density at radius 1 is 1.04 bits per heavy atom. The normalized spacial score (nSPS) is 13.1. The zero-order valence-electron chi connectivity index (χ0n) is 17.2. The van der Waals surface area contributed by atoms with Crippen molar-refractivity contribution < 1.29 is 29.0 Å². The summed E-state index contributed by atoms with van der Waals surface area (Å²) < 4.78 is 10.2. The average Bonchev–Trinajstić information content (AvgIpc) is 2.56. The summed E-state index contributed by atoms with van der Waals surface area (Å²) in [6.45, 7) is 8.21. The third-order valence-corrected chi connectivity index (χ3v) is 3.86. The van der Waals surface area contributed by atoms with Crippen molar-refractivity contribution in [2.45, 2.75) is 72.2 Å². The minimum absolute atomic E-state index is 0.152. The first-order chi connectivity index (χ1) is 13.1. The van der Waals surface area contributed by atoms with Crippen LogP contribution in [0.5, 0.6) is 0 Å². The number of nitrogens with one attached hydrogen (secondary N) is 1. The number of carbonyl (C=O) groups is 3. The number of esters is 2. The second kappa shape index (κ2) is 11.4. The first-order valence-electron chi connectivity index (χ1n) is 9.55. The minimum atomic E-state index is -1.57. The summed E-state index contributed by atoms with van der Waals surface area (Å²) in [4.78, 5) is 35.6. The van der Waals surface area contributed by atoms with Gasteiger partial charge in [0.2, 0.25) is 5.91 Å². The zero-order chi connectivity index (χ0) is 21.3. The van der Waals surface area contributed by atoms with E-state index < -0.39 is 24.0 Å². The van der Waals surface area contributed by atoms with Crippen LogP contribution in [-0.4, -0.2) is 41.3 Å². The molecule has 28 heavy (non-hydrogen) atoms. The van der Waals surface area contributed by atoms with Crippen LogP contribution >= 0.6 is 0 Å². The first kappa shape index (κ1) is 23.6. The van der Waals surface area contributed by atoms with Crippen LogP contribution in [0.1, 0.15) is 53.0 Å². The van der Waals surface area contributed by atoms with Gasteiger partial charge in [-0.3, -0.25) is 9.59 Å². The highest BCUT2D eigenvalue weighted by molar-refractivity contribution is 5.88. The molecule has 0 spiro atoms. The molecule has 0 saturated carbocycles. The van der Waals surface area contributed by atoms with Crippen molar-refractivity contribution in [3.63, 3.8) is 0 Å². The highest BCUT2D eigenvalue weighted by atomic mass is 16.6. The summed E-state index contributed by atoms with van der Waals surface area (Å²) in [5.74, 6) is -2.59. The molecule has 0 aliphatic carbocycles. The molecule has 0 aliphatic heterocycles. The fourth-order valence-electron chi connectivity index (χ4n) is 2.72. The van der Waals surface area contributed by atoms with E-state index in [1.807, 2.05) is 18.2 Å². The van der Waals surface area contributed by atoms with E-state index in [4.69, 9.17) is 9.47 Å². The number of amides is 1. The molecule has 0 fully saturated rings. The van der Waals surface area contributed by atoms with Gasteiger partial charge in [0.1, 0.15) is 0 Å². The van der Waals surface area contributed by atoms with E-state index in [0.29, 0.717) is 18.5 Å². The smallest absolute Gasteiger partial charge is 0.336 e. The van der Waals surface area contributed by atoms with Gasteiger partial charge in [-0.05, 0) is 64.7 Å². The third-order valence-electron chi connectivity index (χ3n) is 3.86. The largest absolute Gasteiger partial charge is 0.463 e. The van der Waals surface area contributed by atoms with E-state index in [1.54, 1.807) is 33.8 Å². The van der Waals surface area contributed by atoms with Gasteiger partial charge in [-0.2, -0.15) is 0 Å². The quantitative estimate of drug-likeness (QED) is 0.593. The third kappa shape index (κ3) is 8.52. The number of anilines is 1. The van der Waals surface area contributed by atoms with Gasteiger partial charge in [-0.15, -0.1) is 0 Å². The number of aliphatic hydroxyl groups is 1. The van der Waals surface area contributed by atoms with Crippen LogP contribution in [0.4, 0.5) is 5.69 Å². The molecule has 0 aliphatic rings. The summed E-state index contributed by atoms with van der Waals surface area (Å²) in [7, 11) is 0. The maximum Gasteiger partial charge on any atom is 0.336 e. The summed E-state index contributed by atoms with van der Waals surface area (Å²) in [5, 5.41) is 13.0. The van der Waals surface area contributed by atoms with Crippen LogP contribution in [0, 0.1) is 5.92 Å². The zero-order valence-corrected chi connectivity index (χ0v) is 17.2. The van der Waals surface area contributed by atoms with Crippen molar-refractivity contribution in [2.24, 2.45) is 5.92 Å². The van der Waals surface area contributed by atoms with Crippen LogP contribution in [0.3, 0.4) is 0 Å². The lowest BCUT2D eigenvalue weighted by Crippen LogP contribution is -2.39. The molecule has 0 aromatic heterocycles. The van der Waals surface area contributed by atoms with Crippen LogP contribution in [-0.2, 0) is 30.3 Å². The van der Waals surface area contributed by atoms with Crippen LogP contribution in [0.2, 0.25) is 0 Å². The molecule has 0 radical (unpaired) electrons. The van der Waals surface area contributed by atoms with Gasteiger partial charge in [0, 0.05) is 12.6 Å². The topological polar surface area (TPSA) is 102 Å². The highest BCUT2D eigenvalue weighted by Gasteiger charge is 2.35. The van der Waals surface area contributed by atoms with E-state index in [-0.39, 0.29) is 24.5 Å². The lowest BCUT2D eigenvalue weighted by atomic mass is 9.94. The Labute approximate surface area is 166 Å². The highest BCUT2D eigenvalue weighted by Crippen LogP contribution is 2.20. The summed E-state index contributed by atoms with van der Waals surface area (Å²) in [5.41, 5.74) is 1.67. The molecule has 0 bridgehead atoms. The Balaban J connectivity index is 2.77. The molecule has 1 aromatic carbocycles. The Morgan fingerprint density at radius 2 is 1.64 bits per heavy atom. The monoisotopic (exact) mass is 393 g/mol. The first-order valence-corrected chi connectivity index (χ1v) is 9.55. The Hall–Kier alpha value is -2.41. The van der Waals surface area contributed by atoms with Crippen LogP contribution in [0.15, 0.2) is 24.3 Å². The Bertz CT molecular complexity index is 671. The van der Waals surface area contributed by atoms with Crippen molar-refractivity contribution in [1.82, 2.24) is 0 Å². The molecular formula is C21H31NO6. The number of benzene rings is 1. The predicted molar refractivity (Wildman–Crippen MR) is 106 cm³/mol. The van der Waals surface area contributed by atoms with Crippen molar-refractivity contribution in [3.05, 3.63) is 29.8 Å². The number of hydrogen-bond acceptors (Lipinski definition) is 6. The minimum Gasteiger partial charge on any atom is -0.463 e. The summed E-state index contributed by atoms with van der Waals surface area (Å²) in [6.07, 6.45) is -0.875. The van der Waals surface area contributed by atoms with E-state index in [2.05, 4.69) is 5.32 Å². The standard InChI is InChI=1S/C21H31NO6/c1-13(2)27-20(25)18(19(24)21(26)28-14(3)4)11-7-9-16-8-6-10-17(12-16)22-15(5)23/h6,8,10,12-14,18-19,24H,7,9,11H2,1-5H3,(H,22,23)/t18-,19+/m1/s1. The molecule has 0 saturated heterocycles. The molecule has 7 heteroatoms. The number of hydrogen-bond donors (Lipinski definition) is 2. The van der Waals surface area contributed by atoms with E-state index in [1.165, 1.54) is 6.92 Å². The number of aryl methyl sites for hydroxylation is 1. The van der Waals surface area contributed by atoms with Gasteiger partial charge >= 0.3 is 11.9 Å². The van der Waals surface area contributed by atoms with Crippen molar-refractivity contribution >= 4 is 23.5 Å². The van der Waals surface area contributed by atoms with Gasteiger partial charge in [0.25, 0.3) is 0 Å². The van der Waals surface area contributed by atoms with Gasteiger partial charge in [-0.25, -0.2) is 4.79 Å². The lowest BCUT2D eigenvalue weighted by Gasteiger charge is -2.22. The fraction of sp³-hybridized carbons (Fsp3) is 0.571. The van der Waals surface area contributed by atoms with E-state index in [9.17, 15) is 19.5 Å². The summed E-state index contributed by atoms with van der Waals surface area (Å²) in [6, 6.07) is 7.39. The molecule has 156 valence electrons. The SMILES string of the molecule is CC(=O)Nc1cccc(CCC[C@@H](C(=O)OC(C)C)[C@H](O)C(=O)OC(C)C)c1. The molecule has 0 heterocycles. The molecule has 7 nitrogen and oxygen atoms in total. The molecular weight excluding hydrogens is 362 g/mol. The van der Waals surface area contributed by atoms with Crippen molar-refractivity contribution in [2.75, 3.05) is 5.32 Å².